The van der Waals surface area contributed by atoms with Crippen LogP contribution in [0.15, 0.2) is 0 Å². The van der Waals surface area contributed by atoms with Gasteiger partial charge in [0.25, 0.3) is 0 Å². The van der Waals surface area contributed by atoms with Crippen molar-refractivity contribution in [1.29, 1.82) is 0 Å². The molecule has 3 aliphatic rings. The molecule has 0 aromatic carbocycles. The molecule has 12 N–H and O–H groups in total. The van der Waals surface area contributed by atoms with Crippen LogP contribution in [0.4, 0.5) is 0 Å². The zero-order chi connectivity index (χ0) is 60.5. The third-order valence-corrected chi connectivity index (χ3v) is 17.4. The standard InChI is InChI=1S/C64H123NO18/c1-3-5-7-9-11-13-14-15-16-17-18-19-20-21-22-23-24-25-26-27-28-29-30-31-32-33-34-35-37-39-41-48(69)47(65-52(70)42-40-38-36-12-10-8-6-4-2)46-78-62-58(76)55(73)60(50(44-67)80-62)83-64-59(77)56(74)61(51(45-68)81-64)82-63-57(75)54(72)53(71)49(43-66)79-63/h47-51,53-64,66-69,71-77H,3-46H2,1-2H3,(H,65,70). The zero-order valence-electron chi connectivity index (χ0n) is 51.7. The smallest absolute Gasteiger partial charge is 0.220 e. The largest absolute Gasteiger partial charge is 0.394 e. The minimum Gasteiger partial charge on any atom is -0.394 e. The molecule has 17 atom stereocenters. The summed E-state index contributed by atoms with van der Waals surface area (Å²) in [6.07, 6.45) is 22.4. The molecule has 0 aromatic heterocycles. The van der Waals surface area contributed by atoms with Crippen molar-refractivity contribution < 1.29 is 89.4 Å². The molecule has 19 nitrogen and oxygen atoms in total. The first-order valence-electron chi connectivity index (χ1n) is 33.8. The number of amides is 1. The second-order valence-corrected chi connectivity index (χ2v) is 24.7. The van der Waals surface area contributed by atoms with Crippen molar-refractivity contribution in [2.45, 2.75) is 375 Å². The Bertz CT molecular complexity index is 1520. The topological polar surface area (TPSA) is 307 Å². The van der Waals surface area contributed by atoms with Crippen molar-refractivity contribution in [3.8, 4) is 0 Å². The molecule has 0 spiro atoms. The van der Waals surface area contributed by atoms with Crippen LogP contribution in [0.5, 0.6) is 0 Å². The molecular formula is C64H123NO18. The van der Waals surface area contributed by atoms with Crippen molar-refractivity contribution in [2.75, 3.05) is 26.4 Å². The molecule has 19 heteroatoms. The van der Waals surface area contributed by atoms with Crippen LogP contribution in [-0.4, -0.2) is 193 Å². The van der Waals surface area contributed by atoms with Gasteiger partial charge in [-0.1, -0.05) is 251 Å². The number of rotatable bonds is 52. The highest BCUT2D eigenvalue weighted by atomic mass is 16.8. The van der Waals surface area contributed by atoms with Gasteiger partial charge >= 0.3 is 0 Å². The lowest BCUT2D eigenvalue weighted by Crippen LogP contribution is -2.66. The summed E-state index contributed by atoms with van der Waals surface area (Å²) in [5, 5.41) is 120. The third kappa shape index (κ3) is 30.7. The molecule has 3 saturated heterocycles. The van der Waals surface area contributed by atoms with E-state index in [2.05, 4.69) is 19.2 Å². The van der Waals surface area contributed by atoms with E-state index in [1.165, 1.54) is 193 Å². The summed E-state index contributed by atoms with van der Waals surface area (Å²) in [4.78, 5) is 13.3. The monoisotopic (exact) mass is 1190 g/mol. The number of ether oxygens (including phenoxy) is 6. The van der Waals surface area contributed by atoms with E-state index in [-0.39, 0.29) is 18.9 Å². The first-order valence-corrected chi connectivity index (χ1v) is 33.8. The van der Waals surface area contributed by atoms with Gasteiger partial charge in [0.05, 0.1) is 38.6 Å². The van der Waals surface area contributed by atoms with E-state index >= 15 is 0 Å². The molecule has 3 heterocycles. The SMILES string of the molecule is CCCCCCCCCCCCCCCCCCCCCCCCCCCCCCCCC(O)C(COC1OC(CO)C(OC2OC(CO)C(OC3OC(CO)C(O)C(O)C3O)C(O)C2O)C(O)C1O)NC(=O)CCCCCCCCCC. The maximum absolute atomic E-state index is 13.3. The third-order valence-electron chi connectivity index (χ3n) is 17.4. The molecule has 0 bridgehead atoms. The van der Waals surface area contributed by atoms with E-state index in [0.717, 1.165) is 44.9 Å². The number of unbranched alkanes of at least 4 members (excludes halogenated alkanes) is 36. The van der Waals surface area contributed by atoms with Crippen LogP contribution in [-0.2, 0) is 33.2 Å². The fourth-order valence-corrected chi connectivity index (χ4v) is 11.9. The molecule has 0 radical (unpaired) electrons. The van der Waals surface area contributed by atoms with Gasteiger partial charge in [-0.15, -0.1) is 0 Å². The first kappa shape index (κ1) is 76.0. The zero-order valence-corrected chi connectivity index (χ0v) is 51.7. The number of hydrogen-bond acceptors (Lipinski definition) is 18. The molecule has 0 saturated carbocycles. The Balaban J connectivity index is 1.34. The molecular weight excluding hydrogens is 1070 g/mol. The molecule has 3 rings (SSSR count). The molecule has 492 valence electrons. The van der Waals surface area contributed by atoms with E-state index in [0.29, 0.717) is 12.8 Å². The van der Waals surface area contributed by atoms with Gasteiger partial charge in [0.1, 0.15) is 73.2 Å². The summed E-state index contributed by atoms with van der Waals surface area (Å²) in [5.74, 6) is -0.244. The summed E-state index contributed by atoms with van der Waals surface area (Å²) in [6.45, 7) is 1.78. The fourth-order valence-electron chi connectivity index (χ4n) is 11.9. The Morgan fingerprint density at radius 1 is 0.386 bits per heavy atom. The number of hydrogen-bond donors (Lipinski definition) is 12. The molecule has 0 aromatic rings. The van der Waals surface area contributed by atoms with Crippen LogP contribution in [0.3, 0.4) is 0 Å². The second-order valence-electron chi connectivity index (χ2n) is 24.7. The Kier molecular flexibility index (Phi) is 43.7. The fraction of sp³-hybridized carbons (Fsp3) is 0.984. The Hall–Kier alpha value is -1.21. The Morgan fingerprint density at radius 3 is 1.05 bits per heavy atom. The average molecular weight is 1190 g/mol. The van der Waals surface area contributed by atoms with Crippen molar-refractivity contribution >= 4 is 5.91 Å². The normalized spacial score (nSPS) is 29.3. The van der Waals surface area contributed by atoms with Crippen molar-refractivity contribution in [1.82, 2.24) is 5.32 Å². The van der Waals surface area contributed by atoms with Crippen molar-refractivity contribution in [3.63, 3.8) is 0 Å². The van der Waals surface area contributed by atoms with E-state index in [9.17, 15) is 61.0 Å². The van der Waals surface area contributed by atoms with Crippen LogP contribution < -0.4 is 5.32 Å². The maximum Gasteiger partial charge on any atom is 0.220 e. The first-order chi connectivity index (χ1) is 40.3. The summed E-state index contributed by atoms with van der Waals surface area (Å²) in [5.41, 5.74) is 0. The summed E-state index contributed by atoms with van der Waals surface area (Å²) >= 11 is 0. The van der Waals surface area contributed by atoms with Crippen molar-refractivity contribution in [2.24, 2.45) is 0 Å². The molecule has 1 amide bonds. The predicted molar refractivity (Wildman–Crippen MR) is 319 cm³/mol. The Morgan fingerprint density at radius 2 is 0.687 bits per heavy atom. The van der Waals surface area contributed by atoms with Gasteiger partial charge in [-0.2, -0.15) is 0 Å². The number of aliphatic hydroxyl groups excluding tert-OH is 11. The minimum absolute atomic E-state index is 0.244. The van der Waals surface area contributed by atoms with Crippen LogP contribution in [0, 0.1) is 0 Å². The van der Waals surface area contributed by atoms with Gasteiger partial charge in [0, 0.05) is 6.42 Å². The highest BCUT2D eigenvalue weighted by Gasteiger charge is 2.53. The number of nitrogens with one attached hydrogen (secondary N) is 1. The summed E-state index contributed by atoms with van der Waals surface area (Å²) < 4.78 is 34.3. The lowest BCUT2D eigenvalue weighted by Gasteiger charge is -2.48. The average Bonchev–Trinajstić information content (AvgIpc) is 3.25. The van der Waals surface area contributed by atoms with E-state index in [1.54, 1.807) is 0 Å². The van der Waals surface area contributed by atoms with Gasteiger partial charge in [0.15, 0.2) is 18.9 Å². The molecule has 0 aliphatic carbocycles. The van der Waals surface area contributed by atoms with Crippen molar-refractivity contribution in [3.05, 3.63) is 0 Å². The summed E-state index contributed by atoms with van der Waals surface area (Å²) in [6, 6.07) is -0.879. The number of carbonyl (C=O) groups excluding carboxylic acids is 1. The maximum atomic E-state index is 13.3. The highest BCUT2D eigenvalue weighted by molar-refractivity contribution is 5.76. The Labute approximate surface area is 500 Å². The van der Waals surface area contributed by atoms with Crippen LogP contribution >= 0.6 is 0 Å². The molecule has 83 heavy (non-hydrogen) atoms. The molecule has 17 unspecified atom stereocenters. The lowest BCUT2D eigenvalue weighted by molar-refractivity contribution is -0.379. The number of carbonyl (C=O) groups is 1. The van der Waals surface area contributed by atoms with Gasteiger partial charge in [-0.25, -0.2) is 0 Å². The predicted octanol–water partition coefficient (Wildman–Crippen LogP) is 7.94. The van der Waals surface area contributed by atoms with Crippen LogP contribution in [0.25, 0.3) is 0 Å². The second kappa shape index (κ2) is 47.7. The van der Waals surface area contributed by atoms with Gasteiger partial charge < -0.3 is 89.9 Å². The molecule has 3 fully saturated rings. The van der Waals surface area contributed by atoms with E-state index < -0.39 is 124 Å². The number of aliphatic hydroxyl groups is 11. The minimum atomic E-state index is -1.97. The quantitative estimate of drug-likeness (QED) is 0.0257. The van der Waals surface area contributed by atoms with Crippen LogP contribution in [0.1, 0.15) is 271 Å². The van der Waals surface area contributed by atoms with Crippen LogP contribution in [0.2, 0.25) is 0 Å². The summed E-state index contributed by atoms with van der Waals surface area (Å²) in [7, 11) is 0. The van der Waals surface area contributed by atoms with E-state index in [1.807, 2.05) is 0 Å². The van der Waals surface area contributed by atoms with E-state index in [4.69, 9.17) is 28.4 Å². The lowest BCUT2D eigenvalue weighted by atomic mass is 9.96. The highest BCUT2D eigenvalue weighted by Crippen LogP contribution is 2.33. The van der Waals surface area contributed by atoms with Gasteiger partial charge in [-0.05, 0) is 12.8 Å². The van der Waals surface area contributed by atoms with Gasteiger partial charge in [-0.3, -0.25) is 4.79 Å². The molecule has 3 aliphatic heterocycles. The van der Waals surface area contributed by atoms with Gasteiger partial charge in [0.2, 0.25) is 5.91 Å².